The number of anilines is 2. The van der Waals surface area contributed by atoms with E-state index < -0.39 is 17.7 Å². The zero-order valence-corrected chi connectivity index (χ0v) is 21.6. The second-order valence-corrected chi connectivity index (χ2v) is 9.08. The molecule has 0 bridgehead atoms. The fraction of sp³-hybridized carbons (Fsp3) is 0.241. The zero-order chi connectivity index (χ0) is 27.0. The highest BCUT2D eigenvalue weighted by atomic mass is 16.6. The number of amides is 1. The van der Waals surface area contributed by atoms with E-state index in [1.807, 2.05) is 43.3 Å². The van der Waals surface area contributed by atoms with E-state index in [-0.39, 0.29) is 11.3 Å². The van der Waals surface area contributed by atoms with Crippen LogP contribution in [0, 0.1) is 0 Å². The van der Waals surface area contributed by atoms with Crippen molar-refractivity contribution in [3.8, 4) is 23.0 Å². The van der Waals surface area contributed by atoms with Crippen molar-refractivity contribution in [1.82, 2.24) is 0 Å². The number of Topliss-reactive ketones (excluding diaryl/α,β-unsaturated/α-hetero) is 1. The molecular weight excluding hydrogens is 488 g/mol. The topological polar surface area (TPSA) is 97.8 Å². The van der Waals surface area contributed by atoms with E-state index in [0.29, 0.717) is 53.0 Å². The Morgan fingerprint density at radius 2 is 1.53 bits per heavy atom. The normalized spacial score (nSPS) is 17.9. The molecule has 9 heteroatoms. The quantitative estimate of drug-likeness (QED) is 0.296. The monoisotopic (exact) mass is 516 g/mol. The largest absolute Gasteiger partial charge is 0.507 e. The predicted molar refractivity (Wildman–Crippen MR) is 143 cm³/mol. The Morgan fingerprint density at radius 1 is 0.895 bits per heavy atom. The molecule has 0 aliphatic carbocycles. The number of carbonyl (C=O) groups excluding carboxylic acids is 2. The standard InChI is InChI=1S/C29H28N2O7/c1-30(2)19-8-5-17(6-9-19)26-25(27(32)18-7-10-23-24(13-18)38-12-11-37-23)28(33)29(34)31(26)20-14-21(35-3)16-22(15-20)36-4/h5-10,13-16,26,32H,11-12H2,1-4H3/b27-25-. The van der Waals surface area contributed by atoms with E-state index in [2.05, 4.69) is 0 Å². The number of fused-ring (bicyclic) bond motifs is 1. The molecule has 1 atom stereocenters. The van der Waals surface area contributed by atoms with Crippen LogP contribution < -0.4 is 28.7 Å². The van der Waals surface area contributed by atoms with E-state index in [1.165, 1.54) is 19.1 Å². The van der Waals surface area contributed by atoms with Crippen molar-refractivity contribution in [1.29, 1.82) is 0 Å². The number of rotatable bonds is 6. The molecule has 1 unspecified atom stereocenters. The zero-order valence-electron chi connectivity index (χ0n) is 21.6. The summed E-state index contributed by atoms with van der Waals surface area (Å²) < 4.78 is 22.0. The highest BCUT2D eigenvalue weighted by molar-refractivity contribution is 6.51. The number of ketones is 1. The fourth-order valence-electron chi connectivity index (χ4n) is 4.65. The maximum absolute atomic E-state index is 13.5. The van der Waals surface area contributed by atoms with Gasteiger partial charge in [0.2, 0.25) is 0 Å². The molecule has 1 amide bonds. The second-order valence-electron chi connectivity index (χ2n) is 9.08. The Kier molecular flexibility index (Phi) is 6.59. The molecule has 9 nitrogen and oxygen atoms in total. The van der Waals surface area contributed by atoms with Gasteiger partial charge in [-0.1, -0.05) is 12.1 Å². The minimum absolute atomic E-state index is 0.0360. The summed E-state index contributed by atoms with van der Waals surface area (Å²) in [5.74, 6) is 0.0254. The number of carbonyl (C=O) groups is 2. The predicted octanol–water partition coefficient (Wildman–Crippen LogP) is 4.17. The van der Waals surface area contributed by atoms with E-state index in [1.54, 1.807) is 36.4 Å². The van der Waals surface area contributed by atoms with Crippen molar-refractivity contribution in [2.45, 2.75) is 6.04 Å². The van der Waals surface area contributed by atoms with Crippen LogP contribution in [0.15, 0.2) is 66.2 Å². The molecule has 38 heavy (non-hydrogen) atoms. The van der Waals surface area contributed by atoms with Gasteiger partial charge in [0.15, 0.2) is 11.5 Å². The van der Waals surface area contributed by atoms with Crippen molar-refractivity contribution in [3.63, 3.8) is 0 Å². The molecule has 196 valence electrons. The first-order valence-electron chi connectivity index (χ1n) is 12.0. The highest BCUT2D eigenvalue weighted by Crippen LogP contribution is 2.45. The molecule has 0 spiro atoms. The van der Waals surface area contributed by atoms with E-state index in [0.717, 1.165) is 5.69 Å². The summed E-state index contributed by atoms with van der Waals surface area (Å²) in [5, 5.41) is 11.5. The molecule has 2 aliphatic rings. The third-order valence-corrected chi connectivity index (χ3v) is 6.60. The average Bonchev–Trinajstić information content (AvgIpc) is 3.21. The Labute approximate surface area is 220 Å². The third-order valence-electron chi connectivity index (χ3n) is 6.60. The van der Waals surface area contributed by atoms with Crippen molar-refractivity contribution in [3.05, 3.63) is 77.4 Å². The molecular formula is C29H28N2O7. The van der Waals surface area contributed by atoms with Gasteiger partial charge < -0.3 is 29.0 Å². The molecule has 1 N–H and O–H groups in total. The first-order chi connectivity index (χ1) is 18.3. The molecule has 2 heterocycles. The van der Waals surface area contributed by atoms with E-state index >= 15 is 0 Å². The molecule has 2 aliphatic heterocycles. The van der Waals surface area contributed by atoms with Gasteiger partial charge in [0, 0.05) is 43.5 Å². The number of aliphatic hydroxyl groups is 1. The minimum Gasteiger partial charge on any atom is -0.507 e. The maximum atomic E-state index is 13.5. The summed E-state index contributed by atoms with van der Waals surface area (Å²) in [6, 6.07) is 16.5. The lowest BCUT2D eigenvalue weighted by molar-refractivity contribution is -0.132. The molecule has 0 radical (unpaired) electrons. The second kappa shape index (κ2) is 10.0. The third kappa shape index (κ3) is 4.36. The fourth-order valence-corrected chi connectivity index (χ4v) is 4.65. The number of hydrogen-bond donors (Lipinski definition) is 1. The molecule has 5 rings (SSSR count). The lowest BCUT2D eigenvalue weighted by atomic mass is 9.94. The van der Waals surface area contributed by atoms with Crippen LogP contribution in [0.4, 0.5) is 11.4 Å². The van der Waals surface area contributed by atoms with Crippen LogP contribution in [0.5, 0.6) is 23.0 Å². The summed E-state index contributed by atoms with van der Waals surface area (Å²) >= 11 is 0. The van der Waals surface area contributed by atoms with Crippen LogP contribution >= 0.6 is 0 Å². The van der Waals surface area contributed by atoms with E-state index in [9.17, 15) is 14.7 Å². The SMILES string of the molecule is COc1cc(OC)cc(N2C(=O)C(=O)/C(=C(\O)c3ccc4c(c3)OCCO4)C2c2ccc(N(C)C)cc2)c1. The Bertz CT molecular complexity index is 1410. The van der Waals surface area contributed by atoms with Gasteiger partial charge in [0.1, 0.15) is 30.5 Å². The first-order valence-corrected chi connectivity index (χ1v) is 12.0. The van der Waals surface area contributed by atoms with Crippen LogP contribution in [-0.2, 0) is 9.59 Å². The molecule has 1 saturated heterocycles. The Balaban J connectivity index is 1.70. The molecule has 0 aromatic heterocycles. The number of benzene rings is 3. The number of ether oxygens (including phenoxy) is 4. The highest BCUT2D eigenvalue weighted by Gasteiger charge is 2.47. The molecule has 3 aromatic carbocycles. The van der Waals surface area contributed by atoms with Gasteiger partial charge in [0.25, 0.3) is 11.7 Å². The minimum atomic E-state index is -0.906. The van der Waals surface area contributed by atoms with Gasteiger partial charge in [-0.3, -0.25) is 14.5 Å². The van der Waals surface area contributed by atoms with Gasteiger partial charge in [-0.15, -0.1) is 0 Å². The first kappa shape index (κ1) is 25.0. The van der Waals surface area contributed by atoms with Crippen molar-refractivity contribution in [2.75, 3.05) is 51.3 Å². The van der Waals surface area contributed by atoms with Crippen LogP contribution in [0.3, 0.4) is 0 Å². The van der Waals surface area contributed by atoms with Crippen molar-refractivity contribution < 1.29 is 33.6 Å². The van der Waals surface area contributed by atoms with Crippen molar-refractivity contribution in [2.24, 2.45) is 0 Å². The van der Waals surface area contributed by atoms with Crippen molar-refractivity contribution >= 4 is 28.8 Å². The van der Waals surface area contributed by atoms with Crippen LogP contribution in [0.1, 0.15) is 17.2 Å². The maximum Gasteiger partial charge on any atom is 0.300 e. The number of hydrogen-bond acceptors (Lipinski definition) is 8. The summed E-state index contributed by atoms with van der Waals surface area (Å²) in [6.07, 6.45) is 0. The number of aliphatic hydroxyl groups excluding tert-OH is 1. The Hall–Kier alpha value is -4.66. The smallest absolute Gasteiger partial charge is 0.300 e. The Morgan fingerprint density at radius 3 is 2.13 bits per heavy atom. The van der Waals surface area contributed by atoms with Gasteiger partial charge in [0.05, 0.1) is 31.5 Å². The summed E-state index contributed by atoms with van der Waals surface area (Å²) in [5.41, 5.74) is 2.29. The lowest BCUT2D eigenvalue weighted by Crippen LogP contribution is -2.29. The summed E-state index contributed by atoms with van der Waals surface area (Å²) in [7, 11) is 6.86. The lowest BCUT2D eigenvalue weighted by Gasteiger charge is -2.26. The number of methoxy groups -OCH3 is 2. The van der Waals surface area contributed by atoms with Crippen LogP contribution in [0.25, 0.3) is 5.76 Å². The molecule has 1 fully saturated rings. The van der Waals surface area contributed by atoms with Gasteiger partial charge in [-0.2, -0.15) is 0 Å². The van der Waals surface area contributed by atoms with Gasteiger partial charge in [-0.05, 0) is 35.9 Å². The van der Waals surface area contributed by atoms with Gasteiger partial charge >= 0.3 is 0 Å². The molecule has 0 saturated carbocycles. The number of nitrogens with zero attached hydrogens (tertiary/aromatic N) is 2. The summed E-state index contributed by atoms with van der Waals surface area (Å²) in [4.78, 5) is 30.4. The summed E-state index contributed by atoms with van der Waals surface area (Å²) in [6.45, 7) is 0.799. The average molecular weight is 517 g/mol. The van der Waals surface area contributed by atoms with E-state index in [4.69, 9.17) is 18.9 Å². The van der Waals surface area contributed by atoms with Gasteiger partial charge in [-0.25, -0.2) is 0 Å². The van der Waals surface area contributed by atoms with Crippen LogP contribution in [0.2, 0.25) is 0 Å². The van der Waals surface area contributed by atoms with Crippen LogP contribution in [-0.4, -0.2) is 58.3 Å². The molecule has 3 aromatic rings.